The molecule has 1 rings (SSSR count). The van der Waals surface area contributed by atoms with Crippen molar-refractivity contribution < 1.29 is 14.7 Å². The summed E-state index contributed by atoms with van der Waals surface area (Å²) in [6.45, 7) is 5.07. The van der Waals surface area contributed by atoms with Crippen molar-refractivity contribution in [2.75, 3.05) is 0 Å². The lowest BCUT2D eigenvalue weighted by Crippen LogP contribution is -2.20. The Kier molecular flexibility index (Phi) is 2.36. The molecule has 1 aliphatic rings. The number of carbonyl (C=O) groups excluding carboxylic acids is 2. The quantitative estimate of drug-likeness (QED) is 0.623. The summed E-state index contributed by atoms with van der Waals surface area (Å²) in [6.07, 6.45) is 1.31. The number of carbonyl (C=O) groups is 2. The van der Waals surface area contributed by atoms with Crippen molar-refractivity contribution in [2.45, 2.75) is 20.8 Å². The lowest BCUT2D eigenvalue weighted by Gasteiger charge is -2.14. The van der Waals surface area contributed by atoms with Crippen molar-refractivity contribution >= 4 is 11.6 Å². The maximum atomic E-state index is 11.4. The predicted octanol–water partition coefficient (Wildman–Crippen LogP) is 1.55. The fourth-order valence-electron chi connectivity index (χ4n) is 1.17. The Morgan fingerprint density at radius 3 is 2.31 bits per heavy atom. The molecule has 0 aliphatic heterocycles. The summed E-state index contributed by atoms with van der Waals surface area (Å²) < 4.78 is 0. The third-order valence-electron chi connectivity index (χ3n) is 2.11. The van der Waals surface area contributed by atoms with Crippen LogP contribution in [0.3, 0.4) is 0 Å². The van der Waals surface area contributed by atoms with Gasteiger partial charge in [-0.1, -0.05) is 13.8 Å². The van der Waals surface area contributed by atoms with Crippen LogP contribution in [-0.2, 0) is 9.59 Å². The molecule has 0 aromatic carbocycles. The minimum Gasteiger partial charge on any atom is -0.504 e. The summed E-state index contributed by atoms with van der Waals surface area (Å²) in [4.78, 5) is 22.6. The highest BCUT2D eigenvalue weighted by atomic mass is 16.3. The van der Waals surface area contributed by atoms with Crippen molar-refractivity contribution in [3.63, 3.8) is 0 Å². The Hall–Kier alpha value is -1.38. The first-order chi connectivity index (χ1) is 5.95. The molecule has 0 bridgehead atoms. The van der Waals surface area contributed by atoms with E-state index >= 15 is 0 Å². The van der Waals surface area contributed by atoms with E-state index in [0.29, 0.717) is 5.57 Å². The third kappa shape index (κ3) is 1.54. The number of Topliss-reactive ketones (excluding diaryl/α,β-unsaturated/α-hetero) is 1. The van der Waals surface area contributed by atoms with E-state index in [-0.39, 0.29) is 17.3 Å². The Labute approximate surface area is 76.8 Å². The fraction of sp³-hybridized carbons (Fsp3) is 0.400. The zero-order valence-corrected chi connectivity index (χ0v) is 7.92. The van der Waals surface area contributed by atoms with E-state index in [1.54, 1.807) is 0 Å². The van der Waals surface area contributed by atoms with E-state index in [2.05, 4.69) is 0 Å². The smallest absolute Gasteiger partial charge is 0.224 e. The molecule has 0 unspecified atom stereocenters. The van der Waals surface area contributed by atoms with Crippen LogP contribution >= 0.6 is 0 Å². The number of ketones is 2. The molecular formula is C10H12O3. The summed E-state index contributed by atoms with van der Waals surface area (Å²) in [5, 5.41) is 9.30. The minimum atomic E-state index is -0.424. The lowest BCUT2D eigenvalue weighted by molar-refractivity contribution is -0.118. The number of rotatable bonds is 1. The highest BCUT2D eigenvalue weighted by Crippen LogP contribution is 2.22. The first-order valence-electron chi connectivity index (χ1n) is 4.15. The van der Waals surface area contributed by atoms with E-state index in [4.69, 9.17) is 0 Å². The second-order valence-electron chi connectivity index (χ2n) is 3.42. The molecule has 0 atom stereocenters. The Morgan fingerprint density at radius 2 is 1.85 bits per heavy atom. The van der Waals surface area contributed by atoms with Gasteiger partial charge in [-0.2, -0.15) is 0 Å². The van der Waals surface area contributed by atoms with Crippen LogP contribution in [0.2, 0.25) is 0 Å². The molecule has 0 spiro atoms. The molecule has 3 nitrogen and oxygen atoms in total. The van der Waals surface area contributed by atoms with Gasteiger partial charge in [0.05, 0.1) is 0 Å². The molecule has 0 aromatic rings. The van der Waals surface area contributed by atoms with Crippen molar-refractivity contribution in [1.29, 1.82) is 0 Å². The predicted molar refractivity (Wildman–Crippen MR) is 48.3 cm³/mol. The summed E-state index contributed by atoms with van der Waals surface area (Å²) in [5.74, 6) is -1.14. The van der Waals surface area contributed by atoms with Gasteiger partial charge in [-0.05, 0) is 18.9 Å². The number of aliphatic hydroxyl groups excluding tert-OH is 1. The van der Waals surface area contributed by atoms with Gasteiger partial charge in [0.1, 0.15) is 0 Å². The van der Waals surface area contributed by atoms with Gasteiger partial charge < -0.3 is 5.11 Å². The van der Waals surface area contributed by atoms with Crippen LogP contribution in [0, 0.1) is 5.92 Å². The number of aliphatic hydroxyl groups is 1. The maximum absolute atomic E-state index is 11.4. The van der Waals surface area contributed by atoms with Crippen LogP contribution in [0.15, 0.2) is 23.0 Å². The van der Waals surface area contributed by atoms with Crippen molar-refractivity contribution in [3.8, 4) is 0 Å². The van der Waals surface area contributed by atoms with Crippen molar-refractivity contribution in [2.24, 2.45) is 5.92 Å². The molecule has 0 radical (unpaired) electrons. The van der Waals surface area contributed by atoms with Crippen LogP contribution in [-0.4, -0.2) is 16.7 Å². The van der Waals surface area contributed by atoms with Gasteiger partial charge in [-0.3, -0.25) is 9.59 Å². The first kappa shape index (κ1) is 9.71. The molecule has 0 amide bonds. The molecule has 0 saturated carbocycles. The molecule has 70 valence electrons. The van der Waals surface area contributed by atoms with E-state index in [1.807, 2.05) is 13.8 Å². The van der Waals surface area contributed by atoms with Crippen LogP contribution in [0.1, 0.15) is 20.8 Å². The summed E-state index contributed by atoms with van der Waals surface area (Å²) in [6, 6.07) is 0. The molecule has 0 saturated heterocycles. The Morgan fingerprint density at radius 1 is 1.31 bits per heavy atom. The lowest BCUT2D eigenvalue weighted by atomic mass is 9.89. The molecule has 0 heterocycles. The van der Waals surface area contributed by atoms with E-state index < -0.39 is 11.5 Å². The second-order valence-corrected chi connectivity index (χ2v) is 3.42. The topological polar surface area (TPSA) is 54.4 Å². The van der Waals surface area contributed by atoms with Crippen LogP contribution in [0.25, 0.3) is 0 Å². The van der Waals surface area contributed by atoms with E-state index in [0.717, 1.165) is 0 Å². The number of hydrogen-bond donors (Lipinski definition) is 1. The summed E-state index contributed by atoms with van der Waals surface area (Å²) in [5.41, 5.74) is 0.516. The standard InChI is InChI=1S/C10H12O3/c1-5(2)7-4-8(11)6(3)9(12)10(7)13/h4-5,12H,1-3H3. The average Bonchev–Trinajstić information content (AvgIpc) is 2.07. The second kappa shape index (κ2) is 3.17. The monoisotopic (exact) mass is 180 g/mol. The number of allylic oxidation sites excluding steroid dienone is 3. The van der Waals surface area contributed by atoms with E-state index in [9.17, 15) is 14.7 Å². The maximum Gasteiger partial charge on any atom is 0.224 e. The van der Waals surface area contributed by atoms with Crippen LogP contribution in [0.5, 0.6) is 0 Å². The van der Waals surface area contributed by atoms with Crippen molar-refractivity contribution in [1.82, 2.24) is 0 Å². The molecular weight excluding hydrogens is 168 g/mol. The van der Waals surface area contributed by atoms with E-state index in [1.165, 1.54) is 13.0 Å². The molecule has 0 fully saturated rings. The molecule has 3 heteroatoms. The van der Waals surface area contributed by atoms with Crippen molar-refractivity contribution in [3.05, 3.63) is 23.0 Å². The molecule has 13 heavy (non-hydrogen) atoms. The Balaban J connectivity index is 3.15. The van der Waals surface area contributed by atoms with Gasteiger partial charge >= 0.3 is 0 Å². The van der Waals surface area contributed by atoms with Gasteiger partial charge in [0.2, 0.25) is 5.78 Å². The fourth-order valence-corrected chi connectivity index (χ4v) is 1.17. The molecule has 1 aliphatic carbocycles. The summed E-state index contributed by atoms with van der Waals surface area (Å²) >= 11 is 0. The summed E-state index contributed by atoms with van der Waals surface area (Å²) in [7, 11) is 0. The highest BCUT2D eigenvalue weighted by molar-refractivity contribution is 6.21. The minimum absolute atomic E-state index is 0.0355. The van der Waals surface area contributed by atoms with Gasteiger partial charge in [0.25, 0.3) is 0 Å². The third-order valence-corrected chi connectivity index (χ3v) is 2.11. The number of hydrogen-bond acceptors (Lipinski definition) is 3. The molecule has 1 N–H and O–H groups in total. The normalized spacial score (nSPS) is 18.3. The zero-order valence-electron chi connectivity index (χ0n) is 7.92. The SMILES string of the molecule is CC1=C(O)C(=O)C(C(C)C)=CC1=O. The van der Waals surface area contributed by atoms with Gasteiger partial charge in [-0.25, -0.2) is 0 Å². The first-order valence-corrected chi connectivity index (χ1v) is 4.15. The van der Waals surface area contributed by atoms with Crippen LogP contribution < -0.4 is 0 Å². The largest absolute Gasteiger partial charge is 0.504 e. The van der Waals surface area contributed by atoms with Gasteiger partial charge in [0.15, 0.2) is 11.5 Å². The zero-order chi connectivity index (χ0) is 10.2. The Bertz CT molecular complexity index is 332. The average molecular weight is 180 g/mol. The van der Waals surface area contributed by atoms with Gasteiger partial charge in [-0.15, -0.1) is 0 Å². The van der Waals surface area contributed by atoms with Gasteiger partial charge in [0, 0.05) is 11.1 Å². The van der Waals surface area contributed by atoms with Crippen LogP contribution in [0.4, 0.5) is 0 Å². The highest BCUT2D eigenvalue weighted by Gasteiger charge is 2.26. The molecule has 0 aromatic heterocycles.